The molecule has 0 fully saturated rings. The number of fused-ring (bicyclic) bond motifs is 1. The Labute approximate surface area is 146 Å². The van der Waals surface area contributed by atoms with E-state index in [1.54, 1.807) is 12.1 Å². The second-order valence-corrected chi connectivity index (χ2v) is 7.86. The van der Waals surface area contributed by atoms with E-state index in [4.69, 9.17) is 4.74 Å². The van der Waals surface area contributed by atoms with Crippen LogP contribution >= 0.6 is 0 Å². The van der Waals surface area contributed by atoms with Crippen molar-refractivity contribution >= 4 is 26.8 Å². The summed E-state index contributed by atoms with van der Waals surface area (Å²) in [6.07, 6.45) is 0. The van der Waals surface area contributed by atoms with E-state index in [1.165, 1.54) is 38.4 Å². The fourth-order valence-corrected chi connectivity index (χ4v) is 3.27. The van der Waals surface area contributed by atoms with Crippen molar-refractivity contribution in [2.24, 2.45) is 0 Å². The molecule has 0 unspecified atom stereocenters. The highest BCUT2D eigenvalue weighted by Gasteiger charge is 2.18. The third-order valence-corrected chi connectivity index (χ3v) is 5.63. The second-order valence-electron chi connectivity index (χ2n) is 5.71. The van der Waals surface area contributed by atoms with E-state index in [9.17, 15) is 13.2 Å². The van der Waals surface area contributed by atoms with Gasteiger partial charge in [-0.1, -0.05) is 30.3 Å². The molecule has 0 aliphatic heterocycles. The molecule has 0 amide bonds. The summed E-state index contributed by atoms with van der Waals surface area (Å²) in [6, 6.07) is 18.8. The fraction of sp³-hybridized carbons (Fsp3) is 0.105. The molecule has 6 heteroatoms. The van der Waals surface area contributed by atoms with Gasteiger partial charge < -0.3 is 4.74 Å². The van der Waals surface area contributed by atoms with Crippen LogP contribution in [0.5, 0.6) is 5.75 Å². The lowest BCUT2D eigenvalue weighted by Gasteiger charge is -2.11. The molecule has 0 radical (unpaired) electrons. The van der Waals surface area contributed by atoms with Crippen LogP contribution in [0.15, 0.2) is 71.6 Å². The average Bonchev–Trinajstić information content (AvgIpc) is 2.61. The quantitative estimate of drug-likeness (QED) is 0.532. The SMILES string of the molecule is CN(C)S(=O)(=O)c1ccc(C(=O)Oc2ccc3ccccc3c2)cc1. The molecule has 0 N–H and O–H groups in total. The van der Waals surface area contributed by atoms with Gasteiger partial charge in [-0.2, -0.15) is 0 Å². The fourth-order valence-electron chi connectivity index (χ4n) is 2.37. The number of carbonyl (C=O) groups excluding carboxylic acids is 1. The van der Waals surface area contributed by atoms with Gasteiger partial charge in [0, 0.05) is 14.1 Å². The molecule has 0 saturated carbocycles. The zero-order valence-corrected chi connectivity index (χ0v) is 14.7. The summed E-state index contributed by atoms with van der Waals surface area (Å²) >= 11 is 0. The van der Waals surface area contributed by atoms with Gasteiger partial charge in [-0.05, 0) is 47.2 Å². The molecule has 0 aliphatic rings. The summed E-state index contributed by atoms with van der Waals surface area (Å²) in [7, 11) is -0.610. The van der Waals surface area contributed by atoms with Crippen molar-refractivity contribution in [2.45, 2.75) is 4.90 Å². The highest BCUT2D eigenvalue weighted by molar-refractivity contribution is 7.89. The Kier molecular flexibility index (Phi) is 4.57. The number of nitrogens with zero attached hydrogens (tertiary/aromatic N) is 1. The van der Waals surface area contributed by atoms with Crippen LogP contribution in [0, 0.1) is 0 Å². The van der Waals surface area contributed by atoms with Gasteiger partial charge in [0.15, 0.2) is 0 Å². The van der Waals surface area contributed by atoms with Gasteiger partial charge in [-0.25, -0.2) is 17.5 Å². The minimum absolute atomic E-state index is 0.125. The van der Waals surface area contributed by atoms with Gasteiger partial charge in [0.1, 0.15) is 5.75 Å². The first-order chi connectivity index (χ1) is 11.9. The molecule has 0 saturated heterocycles. The third-order valence-electron chi connectivity index (χ3n) is 3.80. The predicted molar refractivity (Wildman–Crippen MR) is 96.2 cm³/mol. The topological polar surface area (TPSA) is 63.7 Å². The van der Waals surface area contributed by atoms with Crippen LogP contribution in [0.2, 0.25) is 0 Å². The molecule has 3 aromatic rings. The zero-order chi connectivity index (χ0) is 18.0. The first-order valence-corrected chi connectivity index (χ1v) is 9.05. The first kappa shape index (κ1) is 17.1. The van der Waals surface area contributed by atoms with Crippen LogP contribution in [0.3, 0.4) is 0 Å². The molecule has 3 rings (SSSR count). The van der Waals surface area contributed by atoms with Crippen LogP contribution < -0.4 is 4.74 Å². The van der Waals surface area contributed by atoms with Gasteiger partial charge in [-0.15, -0.1) is 0 Å². The molecule has 128 valence electrons. The highest BCUT2D eigenvalue weighted by Crippen LogP contribution is 2.22. The van der Waals surface area contributed by atoms with Crippen LogP contribution in [0.25, 0.3) is 10.8 Å². The molecule has 0 spiro atoms. The summed E-state index contributed by atoms with van der Waals surface area (Å²) < 4.78 is 30.6. The predicted octanol–water partition coefficient (Wildman–Crippen LogP) is 3.31. The molecule has 0 aliphatic carbocycles. The maximum Gasteiger partial charge on any atom is 0.343 e. The zero-order valence-electron chi connectivity index (χ0n) is 13.8. The monoisotopic (exact) mass is 355 g/mol. The first-order valence-electron chi connectivity index (χ1n) is 7.61. The van der Waals surface area contributed by atoms with Crippen molar-refractivity contribution in [3.05, 3.63) is 72.3 Å². The summed E-state index contributed by atoms with van der Waals surface area (Å²) in [4.78, 5) is 12.4. The maximum atomic E-state index is 12.3. The van der Waals surface area contributed by atoms with E-state index in [-0.39, 0.29) is 10.5 Å². The van der Waals surface area contributed by atoms with E-state index in [0.717, 1.165) is 15.1 Å². The number of hydrogen-bond donors (Lipinski definition) is 0. The minimum atomic E-state index is -3.52. The van der Waals surface area contributed by atoms with E-state index >= 15 is 0 Å². The number of esters is 1. The van der Waals surface area contributed by atoms with Gasteiger partial charge in [-0.3, -0.25) is 0 Å². The number of ether oxygens (including phenoxy) is 1. The van der Waals surface area contributed by atoms with Gasteiger partial charge in [0.25, 0.3) is 0 Å². The largest absolute Gasteiger partial charge is 0.423 e. The Morgan fingerprint density at radius 2 is 1.52 bits per heavy atom. The molecule has 5 nitrogen and oxygen atoms in total. The minimum Gasteiger partial charge on any atom is -0.423 e. The number of rotatable bonds is 4. The molecule has 0 aromatic heterocycles. The van der Waals surface area contributed by atoms with E-state index < -0.39 is 16.0 Å². The summed E-state index contributed by atoms with van der Waals surface area (Å²) in [5.41, 5.74) is 0.283. The standard InChI is InChI=1S/C19H17NO4S/c1-20(2)25(22,23)18-11-8-15(9-12-18)19(21)24-17-10-7-14-5-3-4-6-16(14)13-17/h3-13H,1-2H3. The van der Waals surface area contributed by atoms with Gasteiger partial charge in [0.2, 0.25) is 10.0 Å². The lowest BCUT2D eigenvalue weighted by Crippen LogP contribution is -2.22. The highest BCUT2D eigenvalue weighted by atomic mass is 32.2. The molecular formula is C19H17NO4S. The Balaban J connectivity index is 1.81. The van der Waals surface area contributed by atoms with E-state index in [0.29, 0.717) is 5.75 Å². The lowest BCUT2D eigenvalue weighted by atomic mass is 10.1. The lowest BCUT2D eigenvalue weighted by molar-refractivity contribution is 0.0735. The Morgan fingerprint density at radius 3 is 2.16 bits per heavy atom. The van der Waals surface area contributed by atoms with Crippen molar-refractivity contribution in [3.63, 3.8) is 0 Å². The van der Waals surface area contributed by atoms with E-state index in [2.05, 4.69) is 0 Å². The number of sulfonamides is 1. The van der Waals surface area contributed by atoms with Crippen LogP contribution in [0.1, 0.15) is 10.4 Å². The second kappa shape index (κ2) is 6.66. The van der Waals surface area contributed by atoms with Crippen molar-refractivity contribution in [1.29, 1.82) is 0 Å². The van der Waals surface area contributed by atoms with Gasteiger partial charge in [0.05, 0.1) is 10.5 Å². The van der Waals surface area contributed by atoms with Crippen molar-refractivity contribution < 1.29 is 17.9 Å². The third kappa shape index (κ3) is 3.55. The van der Waals surface area contributed by atoms with Crippen molar-refractivity contribution in [3.8, 4) is 5.75 Å². The average molecular weight is 355 g/mol. The number of carbonyl (C=O) groups is 1. The van der Waals surface area contributed by atoms with Crippen molar-refractivity contribution in [1.82, 2.24) is 4.31 Å². The molecule has 25 heavy (non-hydrogen) atoms. The summed E-state index contributed by atoms with van der Waals surface area (Å²) in [5.74, 6) is -0.0993. The maximum absolute atomic E-state index is 12.3. The smallest absolute Gasteiger partial charge is 0.343 e. The molecule has 0 heterocycles. The molecular weight excluding hydrogens is 338 g/mol. The van der Waals surface area contributed by atoms with Crippen LogP contribution in [0.4, 0.5) is 0 Å². The van der Waals surface area contributed by atoms with E-state index in [1.807, 2.05) is 30.3 Å². The molecule has 0 bridgehead atoms. The number of hydrogen-bond acceptors (Lipinski definition) is 4. The van der Waals surface area contributed by atoms with Crippen LogP contribution in [-0.4, -0.2) is 32.8 Å². The molecule has 0 atom stereocenters. The number of benzene rings is 3. The molecule has 3 aromatic carbocycles. The van der Waals surface area contributed by atoms with Crippen molar-refractivity contribution in [2.75, 3.05) is 14.1 Å². The normalized spacial score (nSPS) is 11.6. The van der Waals surface area contributed by atoms with Crippen LogP contribution in [-0.2, 0) is 10.0 Å². The van der Waals surface area contributed by atoms with Gasteiger partial charge >= 0.3 is 5.97 Å². The Hall–Kier alpha value is -2.70. The Bertz CT molecular complexity index is 1020. The summed E-state index contributed by atoms with van der Waals surface area (Å²) in [5, 5.41) is 2.03. The Morgan fingerprint density at radius 1 is 0.880 bits per heavy atom. The summed E-state index contributed by atoms with van der Waals surface area (Å²) in [6.45, 7) is 0.